The van der Waals surface area contributed by atoms with Crippen LogP contribution >= 0.6 is 23.6 Å². The van der Waals surface area contributed by atoms with Crippen molar-refractivity contribution < 1.29 is 4.74 Å². The number of thiophene rings is 1. The molecule has 0 fully saturated rings. The summed E-state index contributed by atoms with van der Waals surface area (Å²) in [6.45, 7) is 0.647. The lowest BCUT2D eigenvalue weighted by molar-refractivity contribution is 0.321. The van der Waals surface area contributed by atoms with E-state index in [4.69, 9.17) is 22.7 Å². The molecule has 88 valence electrons. The molecule has 5 heteroatoms. The molecule has 0 bridgehead atoms. The lowest BCUT2D eigenvalue weighted by Crippen LogP contribution is -2.11. The minimum Gasteiger partial charge on any atom is -0.492 e. The van der Waals surface area contributed by atoms with Crippen LogP contribution < -0.4 is 10.5 Å². The Morgan fingerprint density at radius 2 is 2.29 bits per heavy atom. The molecule has 0 saturated carbocycles. The second-order valence-electron chi connectivity index (χ2n) is 3.42. The van der Waals surface area contributed by atoms with Gasteiger partial charge in [-0.3, -0.25) is 0 Å². The fraction of sp³-hybridized carbons (Fsp3) is 0.167. The minimum atomic E-state index is 0.301. The van der Waals surface area contributed by atoms with Crippen molar-refractivity contribution in [1.82, 2.24) is 4.98 Å². The highest BCUT2D eigenvalue weighted by Crippen LogP contribution is 2.12. The fourth-order valence-electron chi connectivity index (χ4n) is 1.34. The van der Waals surface area contributed by atoms with Crippen LogP contribution in [0.25, 0.3) is 0 Å². The number of aromatic nitrogens is 1. The van der Waals surface area contributed by atoms with E-state index in [9.17, 15) is 0 Å². The molecule has 0 spiro atoms. The number of ether oxygens (including phenoxy) is 1. The number of thiocarbonyl (C=S) groups is 1. The summed E-state index contributed by atoms with van der Waals surface area (Å²) in [5.41, 5.74) is 6.07. The summed E-state index contributed by atoms with van der Waals surface area (Å²) in [6.07, 6.45) is 2.55. The highest BCUT2D eigenvalue weighted by molar-refractivity contribution is 7.80. The standard InChI is InChI=1S/C12H12N2OS2/c13-12(16)11-4-3-9(8-14-11)15-6-5-10-2-1-7-17-10/h1-4,7-8H,5-6H2,(H2,13,16). The maximum absolute atomic E-state index is 5.57. The predicted octanol–water partition coefficient (Wildman–Crippen LogP) is 2.40. The van der Waals surface area contributed by atoms with Crippen LogP contribution in [0.15, 0.2) is 35.8 Å². The van der Waals surface area contributed by atoms with E-state index in [-0.39, 0.29) is 0 Å². The van der Waals surface area contributed by atoms with Gasteiger partial charge in [0.1, 0.15) is 10.7 Å². The summed E-state index contributed by atoms with van der Waals surface area (Å²) in [5, 5.41) is 2.06. The van der Waals surface area contributed by atoms with Crippen molar-refractivity contribution in [2.45, 2.75) is 6.42 Å². The van der Waals surface area contributed by atoms with Gasteiger partial charge in [0.15, 0.2) is 0 Å². The van der Waals surface area contributed by atoms with Crippen molar-refractivity contribution in [2.24, 2.45) is 5.73 Å². The first kappa shape index (κ1) is 12.0. The zero-order valence-corrected chi connectivity index (χ0v) is 10.8. The monoisotopic (exact) mass is 264 g/mol. The van der Waals surface area contributed by atoms with Crippen molar-refractivity contribution >= 4 is 28.5 Å². The van der Waals surface area contributed by atoms with E-state index in [1.165, 1.54) is 4.88 Å². The van der Waals surface area contributed by atoms with Crippen molar-refractivity contribution in [3.05, 3.63) is 46.4 Å². The molecule has 2 aromatic rings. The van der Waals surface area contributed by atoms with E-state index in [2.05, 4.69) is 16.4 Å². The molecule has 2 heterocycles. The molecule has 2 rings (SSSR count). The Kier molecular flexibility index (Phi) is 4.06. The van der Waals surface area contributed by atoms with Crippen LogP contribution in [0.1, 0.15) is 10.6 Å². The third-order valence-corrected chi connectivity index (χ3v) is 3.33. The molecule has 17 heavy (non-hydrogen) atoms. The smallest absolute Gasteiger partial charge is 0.137 e. The van der Waals surface area contributed by atoms with Gasteiger partial charge in [-0.05, 0) is 23.6 Å². The molecule has 0 aromatic carbocycles. The van der Waals surface area contributed by atoms with Gasteiger partial charge in [-0.15, -0.1) is 11.3 Å². The number of hydrogen-bond donors (Lipinski definition) is 1. The molecule has 0 saturated heterocycles. The molecule has 0 atom stereocenters. The van der Waals surface area contributed by atoms with E-state index >= 15 is 0 Å². The van der Waals surface area contributed by atoms with E-state index in [1.54, 1.807) is 23.6 Å². The van der Waals surface area contributed by atoms with Crippen LogP contribution in [0.4, 0.5) is 0 Å². The number of rotatable bonds is 5. The molecule has 0 aliphatic carbocycles. The first-order valence-corrected chi connectivity index (χ1v) is 6.45. The van der Waals surface area contributed by atoms with Crippen LogP contribution in [0.2, 0.25) is 0 Å². The van der Waals surface area contributed by atoms with Crippen LogP contribution in [0.3, 0.4) is 0 Å². The zero-order valence-electron chi connectivity index (χ0n) is 9.13. The van der Waals surface area contributed by atoms with Crippen molar-refractivity contribution in [3.8, 4) is 5.75 Å². The summed E-state index contributed by atoms with van der Waals surface area (Å²) in [5.74, 6) is 0.738. The third kappa shape index (κ3) is 3.51. The van der Waals surface area contributed by atoms with Gasteiger partial charge >= 0.3 is 0 Å². The average molecular weight is 264 g/mol. The first-order chi connectivity index (χ1) is 8.25. The molecule has 0 amide bonds. The maximum atomic E-state index is 5.57. The van der Waals surface area contributed by atoms with Crippen LogP contribution in [0, 0.1) is 0 Å². The number of hydrogen-bond acceptors (Lipinski definition) is 4. The summed E-state index contributed by atoms with van der Waals surface area (Å²) in [4.78, 5) is 5.72. The first-order valence-electron chi connectivity index (χ1n) is 5.17. The lowest BCUT2D eigenvalue weighted by Gasteiger charge is -2.05. The molecular weight excluding hydrogens is 252 g/mol. The van der Waals surface area contributed by atoms with Gasteiger partial charge in [0, 0.05) is 11.3 Å². The lowest BCUT2D eigenvalue weighted by atomic mass is 10.3. The Hall–Kier alpha value is -1.46. The fourth-order valence-corrected chi connectivity index (χ4v) is 2.15. The molecule has 0 aliphatic rings. The van der Waals surface area contributed by atoms with Crippen molar-refractivity contribution in [3.63, 3.8) is 0 Å². The van der Waals surface area contributed by atoms with Gasteiger partial charge < -0.3 is 10.5 Å². The highest BCUT2D eigenvalue weighted by atomic mass is 32.1. The summed E-state index contributed by atoms with van der Waals surface area (Å²) in [7, 11) is 0. The quantitative estimate of drug-likeness (QED) is 0.842. The van der Waals surface area contributed by atoms with Crippen molar-refractivity contribution in [2.75, 3.05) is 6.61 Å². The molecule has 0 aliphatic heterocycles. The number of nitrogens with zero attached hydrogens (tertiary/aromatic N) is 1. The summed E-state index contributed by atoms with van der Waals surface area (Å²) < 4.78 is 5.57. The van der Waals surface area contributed by atoms with E-state index < -0.39 is 0 Å². The Labute approximate surface area is 109 Å². The number of nitrogens with two attached hydrogens (primary N) is 1. The second kappa shape index (κ2) is 5.75. The topological polar surface area (TPSA) is 48.1 Å². The van der Waals surface area contributed by atoms with Crippen LogP contribution in [-0.4, -0.2) is 16.6 Å². The Bertz CT molecular complexity index is 480. The van der Waals surface area contributed by atoms with Gasteiger partial charge in [0.05, 0.1) is 18.5 Å². The van der Waals surface area contributed by atoms with Gasteiger partial charge in [-0.2, -0.15) is 0 Å². The molecule has 0 radical (unpaired) electrons. The highest BCUT2D eigenvalue weighted by Gasteiger charge is 1.99. The Balaban J connectivity index is 1.85. The van der Waals surface area contributed by atoms with Gasteiger partial charge in [-0.25, -0.2) is 4.98 Å². The molecular formula is C12H12N2OS2. The Morgan fingerprint density at radius 1 is 1.41 bits per heavy atom. The third-order valence-electron chi connectivity index (χ3n) is 2.19. The van der Waals surface area contributed by atoms with Gasteiger partial charge in [0.25, 0.3) is 0 Å². The SMILES string of the molecule is NC(=S)c1ccc(OCCc2cccs2)cn1. The minimum absolute atomic E-state index is 0.301. The normalized spacial score (nSPS) is 10.1. The molecule has 0 unspecified atom stereocenters. The average Bonchev–Trinajstić information content (AvgIpc) is 2.83. The van der Waals surface area contributed by atoms with Crippen molar-refractivity contribution in [1.29, 1.82) is 0 Å². The summed E-state index contributed by atoms with van der Waals surface area (Å²) in [6, 6.07) is 7.74. The predicted molar refractivity (Wildman–Crippen MR) is 73.6 cm³/mol. The van der Waals surface area contributed by atoms with Crippen LogP contribution in [-0.2, 0) is 6.42 Å². The molecule has 2 aromatic heterocycles. The zero-order chi connectivity index (χ0) is 12.1. The second-order valence-corrected chi connectivity index (χ2v) is 4.89. The van der Waals surface area contributed by atoms with Crippen LogP contribution in [0.5, 0.6) is 5.75 Å². The summed E-state index contributed by atoms with van der Waals surface area (Å²) >= 11 is 6.56. The van der Waals surface area contributed by atoms with E-state index in [0.29, 0.717) is 17.3 Å². The van der Waals surface area contributed by atoms with Gasteiger partial charge in [0.2, 0.25) is 0 Å². The molecule has 3 nitrogen and oxygen atoms in total. The largest absolute Gasteiger partial charge is 0.492 e. The Morgan fingerprint density at radius 3 is 2.88 bits per heavy atom. The number of pyridine rings is 1. The molecule has 2 N–H and O–H groups in total. The van der Waals surface area contributed by atoms with E-state index in [1.807, 2.05) is 12.1 Å². The van der Waals surface area contributed by atoms with E-state index in [0.717, 1.165) is 12.2 Å². The van der Waals surface area contributed by atoms with Gasteiger partial charge in [-0.1, -0.05) is 18.3 Å². The maximum Gasteiger partial charge on any atom is 0.137 e.